The molecule has 3 rings (SSSR count). The number of hydrogen-bond donors (Lipinski definition) is 1. The van der Waals surface area contributed by atoms with E-state index >= 15 is 0 Å². The zero-order chi connectivity index (χ0) is 18.4. The van der Waals surface area contributed by atoms with Gasteiger partial charge in [-0.2, -0.15) is 14.9 Å². The van der Waals surface area contributed by atoms with Crippen molar-refractivity contribution in [3.05, 3.63) is 70.0 Å². The normalized spacial score (nSPS) is 11.8. The van der Waals surface area contributed by atoms with E-state index < -0.39 is 0 Å². The Bertz CT molecular complexity index is 975. The third-order valence-corrected chi connectivity index (χ3v) is 3.95. The Hall–Kier alpha value is -2.70. The predicted molar refractivity (Wildman–Crippen MR) is 108 cm³/mol. The highest BCUT2D eigenvalue weighted by Gasteiger charge is 2.08. The molecule has 2 aromatic carbocycles. The fraction of sp³-hybridized carbons (Fsp3) is 0.105. The quantitative estimate of drug-likeness (QED) is 0.474. The van der Waals surface area contributed by atoms with E-state index in [9.17, 15) is 0 Å². The van der Waals surface area contributed by atoms with Crippen molar-refractivity contribution in [1.29, 1.82) is 0 Å². The van der Waals surface area contributed by atoms with Crippen LogP contribution in [0.4, 0.5) is 0 Å². The molecule has 0 fully saturated rings. The number of nitrogens with one attached hydrogen (secondary N) is 1. The second kappa shape index (κ2) is 8.60. The van der Waals surface area contributed by atoms with Crippen molar-refractivity contribution in [3.63, 3.8) is 0 Å². The van der Waals surface area contributed by atoms with Crippen molar-refractivity contribution in [1.82, 2.24) is 14.9 Å². The van der Waals surface area contributed by atoms with Gasteiger partial charge in [0.2, 0.25) is 4.77 Å². The highest BCUT2D eigenvalue weighted by atomic mass is 35.5. The highest BCUT2D eigenvalue weighted by Crippen LogP contribution is 2.21. The number of hydrogen-bond acceptors (Lipinski definition) is 4. The Morgan fingerprint density at radius 1 is 1.23 bits per heavy atom. The molecule has 0 radical (unpaired) electrons. The number of nitrogens with zero attached hydrogens (tertiary/aromatic N) is 3. The Morgan fingerprint density at radius 2 is 1.96 bits per heavy atom. The van der Waals surface area contributed by atoms with E-state index in [1.165, 1.54) is 10.9 Å². The zero-order valence-corrected chi connectivity index (χ0v) is 15.7. The van der Waals surface area contributed by atoms with Crippen LogP contribution in [0.1, 0.15) is 12.5 Å². The van der Waals surface area contributed by atoms with Crippen LogP contribution in [0.2, 0.25) is 0 Å². The van der Waals surface area contributed by atoms with Gasteiger partial charge in [0.1, 0.15) is 5.75 Å². The first-order valence-corrected chi connectivity index (χ1v) is 8.83. The highest BCUT2D eigenvalue weighted by molar-refractivity contribution is 7.71. The van der Waals surface area contributed by atoms with Crippen LogP contribution in [0, 0.1) is 4.77 Å². The van der Waals surface area contributed by atoms with Crippen LogP contribution < -0.4 is 4.74 Å². The molecular weight excluding hydrogens is 368 g/mol. The van der Waals surface area contributed by atoms with Gasteiger partial charge in [-0.1, -0.05) is 41.9 Å². The van der Waals surface area contributed by atoms with E-state index in [4.69, 9.17) is 28.6 Å². The second-order valence-corrected chi connectivity index (χ2v) is 6.13. The Labute approximate surface area is 161 Å². The van der Waals surface area contributed by atoms with E-state index in [0.717, 1.165) is 16.9 Å². The number of rotatable bonds is 6. The number of benzene rings is 2. The van der Waals surface area contributed by atoms with Crippen molar-refractivity contribution in [2.45, 2.75) is 6.92 Å². The SMILES string of the molecule is CCOc1ccc(-c2n[nH]c(=S)n2N=CC(Cl)=Cc2ccccc2)cc1. The summed E-state index contributed by atoms with van der Waals surface area (Å²) in [4.78, 5) is 0. The van der Waals surface area contributed by atoms with Crippen LogP contribution >= 0.6 is 23.8 Å². The predicted octanol–water partition coefficient (Wildman–Crippen LogP) is 5.12. The van der Waals surface area contributed by atoms with Crippen LogP contribution in [-0.4, -0.2) is 27.7 Å². The second-order valence-electron chi connectivity index (χ2n) is 5.31. The molecule has 1 heterocycles. The molecule has 0 saturated carbocycles. The first-order chi connectivity index (χ1) is 12.7. The lowest BCUT2D eigenvalue weighted by Crippen LogP contribution is -1.95. The van der Waals surface area contributed by atoms with Gasteiger partial charge < -0.3 is 4.74 Å². The first kappa shape index (κ1) is 18.1. The number of H-pyrrole nitrogens is 1. The monoisotopic (exact) mass is 384 g/mol. The van der Waals surface area contributed by atoms with Crippen molar-refractivity contribution in [2.24, 2.45) is 5.10 Å². The molecule has 0 bridgehead atoms. The standard InChI is InChI=1S/C19H17ClN4OS/c1-2-25-17-10-8-15(9-11-17)18-22-23-19(26)24(18)21-13-16(20)12-14-6-4-3-5-7-14/h3-13H,2H2,1H3,(H,23,26). The maximum absolute atomic E-state index is 6.26. The van der Waals surface area contributed by atoms with Crippen molar-refractivity contribution < 1.29 is 4.74 Å². The summed E-state index contributed by atoms with van der Waals surface area (Å²) < 4.78 is 7.38. The lowest BCUT2D eigenvalue weighted by atomic mass is 10.2. The molecule has 5 nitrogen and oxygen atoms in total. The molecule has 0 aliphatic heterocycles. The van der Waals surface area contributed by atoms with Crippen molar-refractivity contribution in [2.75, 3.05) is 6.61 Å². The number of aromatic nitrogens is 3. The van der Waals surface area contributed by atoms with Gasteiger partial charge in [0, 0.05) is 5.56 Å². The van der Waals surface area contributed by atoms with Crippen molar-refractivity contribution >= 4 is 36.1 Å². The van der Waals surface area contributed by atoms with E-state index in [0.29, 0.717) is 22.2 Å². The third kappa shape index (κ3) is 4.47. The molecule has 0 atom stereocenters. The fourth-order valence-electron chi connectivity index (χ4n) is 2.31. The average Bonchev–Trinajstić information content (AvgIpc) is 3.02. The molecule has 3 aromatic rings. The minimum absolute atomic E-state index is 0.384. The summed E-state index contributed by atoms with van der Waals surface area (Å²) in [6.07, 6.45) is 3.36. The summed E-state index contributed by atoms with van der Waals surface area (Å²) >= 11 is 11.5. The number of halogens is 1. The lowest BCUT2D eigenvalue weighted by Gasteiger charge is -2.04. The molecule has 0 unspecified atom stereocenters. The van der Waals surface area contributed by atoms with Gasteiger partial charge >= 0.3 is 0 Å². The number of aromatic amines is 1. The van der Waals surface area contributed by atoms with E-state index in [-0.39, 0.29) is 0 Å². The third-order valence-electron chi connectivity index (χ3n) is 3.47. The largest absolute Gasteiger partial charge is 0.494 e. The minimum Gasteiger partial charge on any atom is -0.494 e. The van der Waals surface area contributed by atoms with E-state index in [1.807, 2.05) is 67.6 Å². The smallest absolute Gasteiger partial charge is 0.216 e. The van der Waals surface area contributed by atoms with Gasteiger partial charge in [-0.3, -0.25) is 0 Å². The molecule has 0 aliphatic carbocycles. The summed E-state index contributed by atoms with van der Waals surface area (Å²) in [7, 11) is 0. The minimum atomic E-state index is 0.384. The summed E-state index contributed by atoms with van der Waals surface area (Å²) in [5.41, 5.74) is 1.85. The molecule has 0 spiro atoms. The Kier molecular flexibility index (Phi) is 5.99. The molecule has 1 aromatic heterocycles. The number of allylic oxidation sites excluding steroid dienone is 1. The molecule has 7 heteroatoms. The zero-order valence-electron chi connectivity index (χ0n) is 14.1. The molecule has 0 aliphatic rings. The van der Waals surface area contributed by atoms with Gasteiger partial charge in [0.05, 0.1) is 17.9 Å². The van der Waals surface area contributed by atoms with Gasteiger partial charge in [0.15, 0.2) is 5.82 Å². The average molecular weight is 385 g/mol. The summed E-state index contributed by atoms with van der Waals surface area (Å²) in [5.74, 6) is 1.40. The molecule has 0 amide bonds. The van der Waals surface area contributed by atoms with Crippen LogP contribution in [0.5, 0.6) is 5.75 Å². The molecule has 132 valence electrons. The van der Waals surface area contributed by atoms with E-state index in [1.54, 1.807) is 0 Å². The van der Waals surface area contributed by atoms with Gasteiger partial charge in [-0.05, 0) is 55.0 Å². The van der Waals surface area contributed by atoms with Gasteiger partial charge in [-0.25, -0.2) is 5.10 Å². The van der Waals surface area contributed by atoms with Crippen LogP contribution in [0.25, 0.3) is 17.5 Å². The topological polar surface area (TPSA) is 55.2 Å². The maximum atomic E-state index is 6.26. The molecule has 0 saturated heterocycles. The molecule has 26 heavy (non-hydrogen) atoms. The van der Waals surface area contributed by atoms with Gasteiger partial charge in [0.25, 0.3) is 0 Å². The lowest BCUT2D eigenvalue weighted by molar-refractivity contribution is 0.340. The van der Waals surface area contributed by atoms with Gasteiger partial charge in [-0.15, -0.1) is 0 Å². The number of ether oxygens (including phenoxy) is 1. The van der Waals surface area contributed by atoms with E-state index in [2.05, 4.69) is 15.3 Å². The molecular formula is C19H17ClN4OS. The van der Waals surface area contributed by atoms with Crippen LogP contribution in [0.3, 0.4) is 0 Å². The fourth-order valence-corrected chi connectivity index (χ4v) is 2.66. The Morgan fingerprint density at radius 3 is 2.65 bits per heavy atom. The maximum Gasteiger partial charge on any atom is 0.216 e. The summed E-state index contributed by atoms with van der Waals surface area (Å²) in [5, 5.41) is 11.9. The van der Waals surface area contributed by atoms with Crippen molar-refractivity contribution in [3.8, 4) is 17.1 Å². The van der Waals surface area contributed by atoms with Crippen LogP contribution in [0.15, 0.2) is 64.7 Å². The van der Waals surface area contributed by atoms with Crippen LogP contribution in [-0.2, 0) is 0 Å². The first-order valence-electron chi connectivity index (χ1n) is 8.04. The summed E-state index contributed by atoms with van der Waals surface area (Å²) in [6, 6.07) is 17.3. The summed E-state index contributed by atoms with van der Waals surface area (Å²) in [6.45, 7) is 2.56. The molecule has 1 N–H and O–H groups in total. The Balaban J connectivity index is 1.86.